The fraction of sp³-hybridized carbons (Fsp3) is 0.750. The topological polar surface area (TPSA) is 74.6 Å². The summed E-state index contributed by atoms with van der Waals surface area (Å²) < 4.78 is 0. The maximum Gasteiger partial charge on any atom is 0.135 e. The molecule has 1 aromatic rings. The summed E-state index contributed by atoms with van der Waals surface area (Å²) in [6, 6.07) is 3.35. The Labute approximate surface area is 221 Å². The van der Waals surface area contributed by atoms with Crippen molar-refractivity contribution in [3.05, 3.63) is 23.3 Å². The molecule has 36 heavy (non-hydrogen) atoms. The molecule has 0 aliphatic rings. The molecule has 0 aliphatic carbocycles. The Morgan fingerprint density at radius 1 is 0.639 bits per heavy atom. The second-order valence-electron chi connectivity index (χ2n) is 11.6. The number of phenolic OH excluding ortho intramolecular Hbond substituents is 2. The third kappa shape index (κ3) is 12.4. The van der Waals surface area contributed by atoms with Gasteiger partial charge < -0.3 is 10.2 Å². The second-order valence-corrected chi connectivity index (χ2v) is 11.6. The van der Waals surface area contributed by atoms with Gasteiger partial charge in [0.1, 0.15) is 23.1 Å². The highest BCUT2D eigenvalue weighted by atomic mass is 16.3. The van der Waals surface area contributed by atoms with Crippen LogP contribution < -0.4 is 0 Å². The van der Waals surface area contributed by atoms with Crippen molar-refractivity contribution in [3.8, 4) is 11.5 Å². The zero-order valence-electron chi connectivity index (χ0n) is 24.1. The summed E-state index contributed by atoms with van der Waals surface area (Å²) in [7, 11) is 0. The van der Waals surface area contributed by atoms with E-state index < -0.39 is 0 Å². The lowest BCUT2D eigenvalue weighted by molar-refractivity contribution is -0.124. The van der Waals surface area contributed by atoms with Crippen molar-refractivity contribution in [2.24, 2.45) is 23.7 Å². The molecule has 2 unspecified atom stereocenters. The molecule has 4 heteroatoms. The molecule has 1 rings (SSSR count). The van der Waals surface area contributed by atoms with Gasteiger partial charge >= 0.3 is 0 Å². The van der Waals surface area contributed by atoms with Crippen molar-refractivity contribution in [3.63, 3.8) is 0 Å². The summed E-state index contributed by atoms with van der Waals surface area (Å²) in [5.41, 5.74) is 1.48. The Morgan fingerprint density at radius 3 is 1.31 bits per heavy atom. The minimum atomic E-state index is 0.173. The molecule has 0 radical (unpaired) electrons. The minimum Gasteiger partial charge on any atom is -0.508 e. The van der Waals surface area contributed by atoms with Crippen LogP contribution in [0.1, 0.15) is 130 Å². The molecular formula is C32H54O4. The van der Waals surface area contributed by atoms with Crippen molar-refractivity contribution >= 4 is 11.6 Å². The molecule has 0 aromatic heterocycles. The normalized spacial score (nSPS) is 13.3. The van der Waals surface area contributed by atoms with Crippen molar-refractivity contribution in [2.75, 3.05) is 0 Å². The van der Waals surface area contributed by atoms with E-state index in [-0.39, 0.29) is 23.3 Å². The van der Waals surface area contributed by atoms with E-state index in [2.05, 4.69) is 41.5 Å². The first-order valence-corrected chi connectivity index (χ1v) is 14.7. The fourth-order valence-corrected chi connectivity index (χ4v) is 4.96. The summed E-state index contributed by atoms with van der Waals surface area (Å²) >= 11 is 0. The van der Waals surface area contributed by atoms with Gasteiger partial charge in [-0.25, -0.2) is 0 Å². The first-order chi connectivity index (χ1) is 17.1. The molecule has 206 valence electrons. The van der Waals surface area contributed by atoms with Crippen LogP contribution in [0.5, 0.6) is 11.5 Å². The maximum absolute atomic E-state index is 12.5. The summed E-state index contributed by atoms with van der Waals surface area (Å²) in [5, 5.41) is 21.0. The average Bonchev–Trinajstić information content (AvgIpc) is 2.82. The van der Waals surface area contributed by atoms with E-state index in [1.807, 2.05) is 0 Å². The number of unbranched alkanes of at least 4 members (excludes halogenated alkanes) is 2. The number of benzene rings is 1. The molecule has 4 nitrogen and oxygen atoms in total. The monoisotopic (exact) mass is 502 g/mol. The lowest BCUT2D eigenvalue weighted by Gasteiger charge is -2.15. The molecule has 0 saturated carbocycles. The fourth-order valence-electron chi connectivity index (χ4n) is 4.96. The molecule has 0 amide bonds. The Bertz CT molecular complexity index is 715. The van der Waals surface area contributed by atoms with E-state index in [9.17, 15) is 19.8 Å². The number of aromatic hydroxyl groups is 2. The van der Waals surface area contributed by atoms with Crippen LogP contribution in [0.2, 0.25) is 0 Å². The Balaban J connectivity index is 2.44. The highest BCUT2D eigenvalue weighted by Crippen LogP contribution is 2.30. The third-order valence-corrected chi connectivity index (χ3v) is 7.60. The van der Waals surface area contributed by atoms with E-state index >= 15 is 0 Å². The number of ketones is 2. The highest BCUT2D eigenvalue weighted by Gasteiger charge is 2.18. The predicted molar refractivity (Wildman–Crippen MR) is 151 cm³/mol. The second kappa shape index (κ2) is 17.6. The van der Waals surface area contributed by atoms with E-state index in [0.717, 1.165) is 75.3 Å². The molecule has 0 spiro atoms. The van der Waals surface area contributed by atoms with Crippen LogP contribution in [0.25, 0.3) is 0 Å². The molecule has 0 aliphatic heterocycles. The van der Waals surface area contributed by atoms with E-state index in [1.54, 1.807) is 12.1 Å². The summed E-state index contributed by atoms with van der Waals surface area (Å²) in [4.78, 5) is 25.1. The largest absolute Gasteiger partial charge is 0.508 e. The van der Waals surface area contributed by atoms with Gasteiger partial charge in [0.05, 0.1) is 0 Å². The van der Waals surface area contributed by atoms with Gasteiger partial charge in [0.25, 0.3) is 0 Å². The lowest BCUT2D eigenvalue weighted by Crippen LogP contribution is -2.14. The van der Waals surface area contributed by atoms with Gasteiger partial charge in [-0.05, 0) is 99.3 Å². The highest BCUT2D eigenvalue weighted by molar-refractivity contribution is 5.81. The minimum absolute atomic E-state index is 0.173. The number of aryl methyl sites for hydroxylation is 2. The Hall–Kier alpha value is -1.84. The molecule has 0 bridgehead atoms. The molecule has 0 saturated heterocycles. The van der Waals surface area contributed by atoms with Crippen molar-refractivity contribution in [1.82, 2.24) is 0 Å². The summed E-state index contributed by atoms with van der Waals surface area (Å²) in [6.07, 6.45) is 11.7. The van der Waals surface area contributed by atoms with Crippen LogP contribution in [-0.4, -0.2) is 21.8 Å². The summed E-state index contributed by atoms with van der Waals surface area (Å²) in [5.74, 6) is 2.76. The zero-order chi connectivity index (χ0) is 27.1. The van der Waals surface area contributed by atoms with E-state index in [4.69, 9.17) is 0 Å². The van der Waals surface area contributed by atoms with Crippen LogP contribution in [0.3, 0.4) is 0 Å². The molecule has 0 fully saturated rings. The number of Topliss-reactive ketones (excluding diaryl/α,β-unsaturated/α-hetero) is 2. The predicted octanol–water partition coefficient (Wildman–Crippen LogP) is 8.59. The number of carbonyl (C=O) groups is 2. The molecule has 0 heterocycles. The van der Waals surface area contributed by atoms with Crippen LogP contribution in [0.15, 0.2) is 12.1 Å². The quantitative estimate of drug-likeness (QED) is 0.138. The first kappa shape index (κ1) is 32.2. The number of hydrogen-bond donors (Lipinski definition) is 2. The van der Waals surface area contributed by atoms with Gasteiger partial charge in [-0.3, -0.25) is 9.59 Å². The van der Waals surface area contributed by atoms with E-state index in [0.29, 0.717) is 49.1 Å². The van der Waals surface area contributed by atoms with Crippen LogP contribution in [0, 0.1) is 23.7 Å². The lowest BCUT2D eigenvalue weighted by atomic mass is 9.89. The van der Waals surface area contributed by atoms with Gasteiger partial charge in [0, 0.05) is 24.7 Å². The molecule has 2 N–H and O–H groups in total. The van der Waals surface area contributed by atoms with Crippen LogP contribution >= 0.6 is 0 Å². The molecular weight excluding hydrogens is 448 g/mol. The zero-order valence-corrected chi connectivity index (χ0v) is 24.1. The van der Waals surface area contributed by atoms with Gasteiger partial charge in [-0.15, -0.1) is 0 Å². The Morgan fingerprint density at radius 2 is 1.00 bits per heavy atom. The molecule has 1 aromatic carbocycles. The van der Waals surface area contributed by atoms with Gasteiger partial charge in [-0.2, -0.15) is 0 Å². The number of carbonyl (C=O) groups excluding carboxylic acids is 2. The van der Waals surface area contributed by atoms with Crippen molar-refractivity contribution in [2.45, 2.75) is 131 Å². The van der Waals surface area contributed by atoms with Gasteiger partial charge in [0.15, 0.2) is 0 Å². The van der Waals surface area contributed by atoms with Crippen molar-refractivity contribution in [1.29, 1.82) is 0 Å². The molecule has 2 atom stereocenters. The van der Waals surface area contributed by atoms with Crippen LogP contribution in [-0.2, 0) is 22.4 Å². The average molecular weight is 503 g/mol. The smallest absolute Gasteiger partial charge is 0.135 e. The SMILES string of the molecule is CCC(CCC(C)C)C(=O)CCCCc1cc(O)c(CCCCC(=O)C(CC)CCC(C)C)cc1O. The van der Waals surface area contributed by atoms with Crippen LogP contribution in [0.4, 0.5) is 0 Å². The third-order valence-electron chi connectivity index (χ3n) is 7.60. The number of rotatable bonds is 20. The Kier molecular flexibility index (Phi) is 15.7. The maximum atomic E-state index is 12.5. The van der Waals surface area contributed by atoms with Gasteiger partial charge in [-0.1, -0.05) is 54.4 Å². The summed E-state index contributed by atoms with van der Waals surface area (Å²) in [6.45, 7) is 13.0. The van der Waals surface area contributed by atoms with Crippen molar-refractivity contribution < 1.29 is 19.8 Å². The standard InChI is InChI=1S/C32H54O4/c1-7-25(19-17-23(3)4)29(33)15-11-9-13-27-21-32(36)28(22-31(27)35)14-10-12-16-30(34)26(8-2)20-18-24(5)6/h21-26,35-36H,7-20H2,1-6H3. The van der Waals surface area contributed by atoms with Gasteiger partial charge in [0.2, 0.25) is 0 Å². The number of phenols is 2. The number of hydrogen-bond acceptors (Lipinski definition) is 4. The first-order valence-electron chi connectivity index (χ1n) is 14.7. The van der Waals surface area contributed by atoms with E-state index in [1.165, 1.54) is 0 Å².